The second-order valence-electron chi connectivity index (χ2n) is 5.53. The van der Waals surface area contributed by atoms with E-state index in [1.807, 2.05) is 72.8 Å². The van der Waals surface area contributed by atoms with Crippen LogP contribution in [0.4, 0.5) is 0 Å². The van der Waals surface area contributed by atoms with Crippen molar-refractivity contribution in [2.45, 2.75) is 0 Å². The van der Waals surface area contributed by atoms with E-state index in [1.165, 1.54) is 0 Å². The molecule has 0 saturated carbocycles. The van der Waals surface area contributed by atoms with Crippen LogP contribution in [-0.2, 0) is 0 Å². The molecule has 0 N–H and O–H groups in total. The van der Waals surface area contributed by atoms with Gasteiger partial charge in [-0.15, -0.1) is 5.10 Å². The van der Waals surface area contributed by atoms with E-state index in [9.17, 15) is 4.79 Å². The quantitative estimate of drug-likeness (QED) is 0.379. The molecule has 3 rings (SSSR count). The van der Waals surface area contributed by atoms with Crippen LogP contribution in [0.3, 0.4) is 0 Å². The van der Waals surface area contributed by atoms with Crippen molar-refractivity contribution >= 4 is 17.7 Å². The van der Waals surface area contributed by atoms with E-state index in [4.69, 9.17) is 4.74 Å². The number of hydrogen-bond acceptors (Lipinski definition) is 4. The van der Waals surface area contributed by atoms with Gasteiger partial charge in [0.25, 0.3) is 0 Å². The summed E-state index contributed by atoms with van der Waals surface area (Å²) in [6.45, 7) is 0. The minimum absolute atomic E-state index is 0.163. The first kappa shape index (κ1) is 17.3. The van der Waals surface area contributed by atoms with Gasteiger partial charge in [0, 0.05) is 11.1 Å². The Bertz CT molecular complexity index is 915. The maximum Gasteiger partial charge on any atom is 0.213 e. The molecule has 0 atom stereocenters. The molecule has 0 heterocycles. The number of carbonyl (C=O) groups excluding carboxylic acids is 1. The van der Waals surface area contributed by atoms with E-state index >= 15 is 0 Å². The molecular weight excluding hydrogens is 324 g/mol. The monoisotopic (exact) mass is 342 g/mol. The zero-order chi connectivity index (χ0) is 18.2. The molecule has 0 amide bonds. The van der Waals surface area contributed by atoms with E-state index in [1.54, 1.807) is 25.5 Å². The van der Waals surface area contributed by atoms with Crippen molar-refractivity contribution in [2.75, 3.05) is 7.11 Å². The second kappa shape index (κ2) is 8.53. The number of ether oxygens (including phenoxy) is 1. The van der Waals surface area contributed by atoms with Gasteiger partial charge in [-0.1, -0.05) is 60.7 Å². The first-order chi connectivity index (χ1) is 12.8. The van der Waals surface area contributed by atoms with Gasteiger partial charge in [-0.2, -0.15) is 5.10 Å². The lowest BCUT2D eigenvalue weighted by molar-refractivity contribution is 0.106. The highest BCUT2D eigenvalue weighted by Gasteiger charge is 2.15. The molecule has 4 heteroatoms. The Morgan fingerprint density at radius 2 is 1.38 bits per heavy atom. The smallest absolute Gasteiger partial charge is 0.213 e. The van der Waals surface area contributed by atoms with Crippen molar-refractivity contribution in [1.82, 2.24) is 0 Å². The molecule has 128 valence electrons. The third-order valence-corrected chi connectivity index (χ3v) is 3.78. The van der Waals surface area contributed by atoms with Crippen LogP contribution in [0.15, 0.2) is 95.1 Å². The fourth-order valence-corrected chi connectivity index (χ4v) is 2.40. The van der Waals surface area contributed by atoms with E-state index < -0.39 is 0 Å². The van der Waals surface area contributed by atoms with Crippen molar-refractivity contribution in [3.05, 3.63) is 102 Å². The number of Topliss-reactive ketones (excluding diaryl/α,β-unsaturated/α-hetero) is 1. The summed E-state index contributed by atoms with van der Waals surface area (Å²) in [5.41, 5.74) is 2.48. The Morgan fingerprint density at radius 1 is 0.808 bits per heavy atom. The zero-order valence-corrected chi connectivity index (χ0v) is 14.4. The maximum atomic E-state index is 12.8. The summed E-state index contributed by atoms with van der Waals surface area (Å²) in [4.78, 5) is 12.8. The molecule has 0 fully saturated rings. The van der Waals surface area contributed by atoms with Crippen LogP contribution in [0.5, 0.6) is 5.75 Å². The molecule has 3 aromatic rings. The van der Waals surface area contributed by atoms with Gasteiger partial charge in [0.1, 0.15) is 11.5 Å². The first-order valence-electron chi connectivity index (χ1n) is 8.18. The number of methoxy groups -OCH3 is 1. The fraction of sp³-hybridized carbons (Fsp3) is 0.0455. The molecule has 0 saturated heterocycles. The highest BCUT2D eigenvalue weighted by molar-refractivity contribution is 6.51. The zero-order valence-electron chi connectivity index (χ0n) is 14.4. The number of rotatable bonds is 6. The van der Waals surface area contributed by atoms with Crippen molar-refractivity contribution in [1.29, 1.82) is 0 Å². The second-order valence-corrected chi connectivity index (χ2v) is 5.53. The van der Waals surface area contributed by atoms with Gasteiger partial charge in [-0.25, -0.2) is 0 Å². The van der Waals surface area contributed by atoms with Gasteiger partial charge in [0.2, 0.25) is 5.78 Å². The van der Waals surface area contributed by atoms with Gasteiger partial charge in [-0.3, -0.25) is 4.79 Å². The van der Waals surface area contributed by atoms with Gasteiger partial charge in [0.15, 0.2) is 0 Å². The maximum absolute atomic E-state index is 12.8. The summed E-state index contributed by atoms with van der Waals surface area (Å²) < 4.78 is 5.13. The number of hydrogen-bond donors (Lipinski definition) is 0. The minimum atomic E-state index is -0.163. The van der Waals surface area contributed by atoms with E-state index in [0.717, 1.165) is 16.9 Å². The number of nitrogens with zero attached hydrogens (tertiary/aromatic N) is 2. The van der Waals surface area contributed by atoms with Crippen LogP contribution in [0.1, 0.15) is 21.5 Å². The van der Waals surface area contributed by atoms with Crippen LogP contribution >= 0.6 is 0 Å². The standard InChI is InChI=1S/C22H18N2O2/c1-26-20-14-12-17(13-15-20)16-23-24-21(18-8-4-2-5-9-18)22(25)19-10-6-3-7-11-19/h2-16H,1H3/b23-16+,24-21+. The van der Waals surface area contributed by atoms with Crippen molar-refractivity contribution in [2.24, 2.45) is 10.2 Å². The average molecular weight is 342 g/mol. The van der Waals surface area contributed by atoms with Crippen molar-refractivity contribution < 1.29 is 9.53 Å². The summed E-state index contributed by atoms with van der Waals surface area (Å²) in [6, 6.07) is 25.9. The third kappa shape index (κ3) is 4.30. The van der Waals surface area contributed by atoms with E-state index in [-0.39, 0.29) is 5.78 Å². The number of benzene rings is 3. The largest absolute Gasteiger partial charge is 0.497 e. The third-order valence-electron chi connectivity index (χ3n) is 3.78. The van der Waals surface area contributed by atoms with Crippen LogP contribution in [0.2, 0.25) is 0 Å². The highest BCUT2D eigenvalue weighted by atomic mass is 16.5. The molecule has 0 spiro atoms. The summed E-state index contributed by atoms with van der Waals surface area (Å²) in [5.74, 6) is 0.610. The Morgan fingerprint density at radius 3 is 1.96 bits per heavy atom. The van der Waals surface area contributed by atoms with Crippen LogP contribution < -0.4 is 4.74 Å². The summed E-state index contributed by atoms with van der Waals surface area (Å²) in [5, 5.41) is 8.34. The fourth-order valence-electron chi connectivity index (χ4n) is 2.40. The van der Waals surface area contributed by atoms with Crippen LogP contribution in [0.25, 0.3) is 0 Å². The van der Waals surface area contributed by atoms with E-state index in [0.29, 0.717) is 11.3 Å². The lowest BCUT2D eigenvalue weighted by Gasteiger charge is -2.04. The SMILES string of the molecule is COc1ccc(/C=N/N=C(/C(=O)c2ccccc2)c2ccccc2)cc1. The summed E-state index contributed by atoms with van der Waals surface area (Å²) in [6.07, 6.45) is 1.61. The molecule has 0 unspecified atom stereocenters. The number of carbonyl (C=O) groups is 1. The topological polar surface area (TPSA) is 51.0 Å². The van der Waals surface area contributed by atoms with Gasteiger partial charge in [0.05, 0.1) is 13.3 Å². The molecule has 0 aromatic heterocycles. The molecule has 3 aromatic carbocycles. The normalized spacial score (nSPS) is 11.5. The van der Waals surface area contributed by atoms with Gasteiger partial charge in [-0.05, 0) is 29.8 Å². The molecule has 0 bridgehead atoms. The Labute approximate surface area is 152 Å². The van der Waals surface area contributed by atoms with Crippen LogP contribution in [0, 0.1) is 0 Å². The van der Waals surface area contributed by atoms with Gasteiger partial charge < -0.3 is 4.74 Å². The molecule has 0 radical (unpaired) electrons. The molecule has 0 aliphatic heterocycles. The minimum Gasteiger partial charge on any atom is -0.497 e. The lowest BCUT2D eigenvalue weighted by atomic mass is 10.0. The molecular formula is C22H18N2O2. The van der Waals surface area contributed by atoms with Crippen molar-refractivity contribution in [3.8, 4) is 5.75 Å². The molecule has 0 aliphatic carbocycles. The Hall–Kier alpha value is -3.53. The first-order valence-corrected chi connectivity index (χ1v) is 8.18. The Kier molecular flexibility index (Phi) is 5.68. The molecule has 0 aliphatic rings. The molecule has 4 nitrogen and oxygen atoms in total. The Balaban J connectivity index is 1.91. The highest BCUT2D eigenvalue weighted by Crippen LogP contribution is 2.11. The summed E-state index contributed by atoms with van der Waals surface area (Å²) in [7, 11) is 1.62. The van der Waals surface area contributed by atoms with Crippen molar-refractivity contribution in [3.63, 3.8) is 0 Å². The van der Waals surface area contributed by atoms with Crippen LogP contribution in [-0.4, -0.2) is 24.8 Å². The predicted molar refractivity (Wildman–Crippen MR) is 104 cm³/mol. The summed E-state index contributed by atoms with van der Waals surface area (Å²) >= 11 is 0. The lowest BCUT2D eigenvalue weighted by Crippen LogP contribution is -2.15. The average Bonchev–Trinajstić information content (AvgIpc) is 2.72. The molecule has 26 heavy (non-hydrogen) atoms. The van der Waals surface area contributed by atoms with Gasteiger partial charge >= 0.3 is 0 Å². The van der Waals surface area contributed by atoms with E-state index in [2.05, 4.69) is 10.2 Å². The number of ketones is 1. The predicted octanol–water partition coefficient (Wildman–Crippen LogP) is 4.40.